The van der Waals surface area contributed by atoms with Crippen molar-refractivity contribution in [2.45, 2.75) is 26.2 Å². The summed E-state index contributed by atoms with van der Waals surface area (Å²) in [6.45, 7) is 7.99. The Labute approximate surface area is 111 Å². The first-order valence-corrected chi connectivity index (χ1v) is 6.91. The molecule has 0 aliphatic heterocycles. The van der Waals surface area contributed by atoms with Crippen LogP contribution in [0.1, 0.15) is 30.9 Å². The summed E-state index contributed by atoms with van der Waals surface area (Å²) in [5.41, 5.74) is 3.43. The van der Waals surface area contributed by atoms with Crippen LogP contribution in [0.15, 0.2) is 24.3 Å². The summed E-state index contributed by atoms with van der Waals surface area (Å²) in [5, 5.41) is 3.65. The predicted molar refractivity (Wildman–Crippen MR) is 78.1 cm³/mol. The van der Waals surface area contributed by atoms with Gasteiger partial charge < -0.3 is 10.2 Å². The standard InChI is InChI=1S/C16H26N2/c1-16(2,12-18(3)4)11-17-10-14-9-13-7-5-6-8-15(13)14/h5-8,14,17H,9-12H2,1-4H3. The Morgan fingerprint density at radius 1 is 1.28 bits per heavy atom. The molecule has 100 valence electrons. The topological polar surface area (TPSA) is 15.3 Å². The first-order chi connectivity index (χ1) is 8.48. The van der Waals surface area contributed by atoms with Crippen molar-refractivity contribution in [1.82, 2.24) is 10.2 Å². The van der Waals surface area contributed by atoms with Gasteiger partial charge in [-0.2, -0.15) is 0 Å². The molecular weight excluding hydrogens is 220 g/mol. The minimum atomic E-state index is 0.340. The van der Waals surface area contributed by atoms with E-state index in [1.54, 1.807) is 5.56 Å². The molecule has 1 unspecified atom stereocenters. The van der Waals surface area contributed by atoms with Gasteiger partial charge in [-0.25, -0.2) is 0 Å². The van der Waals surface area contributed by atoms with Crippen molar-refractivity contribution in [1.29, 1.82) is 0 Å². The molecule has 1 atom stereocenters. The van der Waals surface area contributed by atoms with E-state index in [0.717, 1.165) is 25.6 Å². The lowest BCUT2D eigenvalue weighted by Gasteiger charge is -2.33. The molecule has 0 saturated heterocycles. The van der Waals surface area contributed by atoms with Gasteiger partial charge in [-0.3, -0.25) is 0 Å². The second-order valence-corrected chi connectivity index (χ2v) is 6.63. The highest BCUT2D eigenvalue weighted by Gasteiger charge is 2.26. The van der Waals surface area contributed by atoms with Crippen LogP contribution in [-0.2, 0) is 6.42 Å². The minimum absolute atomic E-state index is 0.340. The highest BCUT2D eigenvalue weighted by Crippen LogP contribution is 2.34. The Morgan fingerprint density at radius 2 is 2.00 bits per heavy atom. The van der Waals surface area contributed by atoms with Crippen molar-refractivity contribution >= 4 is 0 Å². The predicted octanol–water partition coefficient (Wildman–Crippen LogP) is 2.50. The van der Waals surface area contributed by atoms with Crippen LogP contribution >= 0.6 is 0 Å². The largest absolute Gasteiger partial charge is 0.316 e. The number of fused-ring (bicyclic) bond motifs is 1. The van der Waals surface area contributed by atoms with Crippen LogP contribution in [0, 0.1) is 5.41 Å². The van der Waals surface area contributed by atoms with Gasteiger partial charge in [0.15, 0.2) is 0 Å². The molecule has 1 aromatic rings. The van der Waals surface area contributed by atoms with E-state index in [0.29, 0.717) is 5.41 Å². The van der Waals surface area contributed by atoms with E-state index in [2.05, 4.69) is 62.4 Å². The van der Waals surface area contributed by atoms with Crippen LogP contribution in [0.25, 0.3) is 0 Å². The molecule has 0 aromatic heterocycles. The molecule has 18 heavy (non-hydrogen) atoms. The maximum Gasteiger partial charge on any atom is 0.00387 e. The molecule has 0 fully saturated rings. The molecule has 0 saturated carbocycles. The van der Waals surface area contributed by atoms with Gasteiger partial charge >= 0.3 is 0 Å². The summed E-state index contributed by atoms with van der Waals surface area (Å²) in [6, 6.07) is 8.82. The highest BCUT2D eigenvalue weighted by molar-refractivity contribution is 5.40. The summed E-state index contributed by atoms with van der Waals surface area (Å²) < 4.78 is 0. The van der Waals surface area contributed by atoms with E-state index in [-0.39, 0.29) is 0 Å². The lowest BCUT2D eigenvalue weighted by atomic mass is 9.77. The van der Waals surface area contributed by atoms with Crippen molar-refractivity contribution in [2.75, 3.05) is 33.7 Å². The van der Waals surface area contributed by atoms with Gasteiger partial charge in [-0.1, -0.05) is 38.1 Å². The summed E-state index contributed by atoms with van der Waals surface area (Å²) in [5.74, 6) is 0.733. The van der Waals surface area contributed by atoms with Gasteiger partial charge in [0.25, 0.3) is 0 Å². The number of nitrogens with zero attached hydrogens (tertiary/aromatic N) is 1. The van der Waals surface area contributed by atoms with Crippen LogP contribution in [0.4, 0.5) is 0 Å². The van der Waals surface area contributed by atoms with E-state index in [1.807, 2.05) is 0 Å². The fraction of sp³-hybridized carbons (Fsp3) is 0.625. The molecule has 1 aliphatic carbocycles. The van der Waals surface area contributed by atoms with Gasteiger partial charge in [0, 0.05) is 25.6 Å². The molecule has 2 rings (SSSR count). The molecule has 2 heteroatoms. The Morgan fingerprint density at radius 3 is 2.67 bits per heavy atom. The molecule has 0 spiro atoms. The van der Waals surface area contributed by atoms with E-state index in [9.17, 15) is 0 Å². The van der Waals surface area contributed by atoms with E-state index < -0.39 is 0 Å². The Bertz CT molecular complexity index is 396. The number of hydrogen-bond donors (Lipinski definition) is 1. The first kappa shape index (κ1) is 13.6. The van der Waals surface area contributed by atoms with Crippen molar-refractivity contribution < 1.29 is 0 Å². The summed E-state index contributed by atoms with van der Waals surface area (Å²) in [7, 11) is 4.29. The van der Waals surface area contributed by atoms with Crippen molar-refractivity contribution in [2.24, 2.45) is 5.41 Å². The zero-order valence-electron chi connectivity index (χ0n) is 12.2. The van der Waals surface area contributed by atoms with Crippen LogP contribution in [-0.4, -0.2) is 38.6 Å². The number of nitrogens with one attached hydrogen (secondary N) is 1. The molecule has 0 bridgehead atoms. The monoisotopic (exact) mass is 246 g/mol. The van der Waals surface area contributed by atoms with E-state index in [4.69, 9.17) is 0 Å². The number of hydrogen-bond acceptors (Lipinski definition) is 2. The van der Waals surface area contributed by atoms with E-state index in [1.165, 1.54) is 12.0 Å². The van der Waals surface area contributed by atoms with Gasteiger partial charge in [0.1, 0.15) is 0 Å². The average molecular weight is 246 g/mol. The molecular formula is C16H26N2. The molecule has 1 N–H and O–H groups in total. The third-order valence-corrected chi connectivity index (χ3v) is 3.70. The molecule has 0 amide bonds. The fourth-order valence-corrected chi connectivity index (χ4v) is 3.04. The maximum absolute atomic E-state index is 3.65. The second-order valence-electron chi connectivity index (χ2n) is 6.63. The third kappa shape index (κ3) is 3.33. The minimum Gasteiger partial charge on any atom is -0.316 e. The zero-order chi connectivity index (χ0) is 13.2. The lowest BCUT2D eigenvalue weighted by Crippen LogP contribution is -2.40. The van der Waals surface area contributed by atoms with E-state index >= 15 is 0 Å². The third-order valence-electron chi connectivity index (χ3n) is 3.70. The quantitative estimate of drug-likeness (QED) is 0.829. The summed E-state index contributed by atoms with van der Waals surface area (Å²) in [6.07, 6.45) is 1.25. The smallest absolute Gasteiger partial charge is 0.00387 e. The first-order valence-electron chi connectivity index (χ1n) is 6.91. The molecule has 0 radical (unpaired) electrons. The summed E-state index contributed by atoms with van der Waals surface area (Å²) in [4.78, 5) is 2.26. The molecule has 1 aliphatic rings. The van der Waals surface area contributed by atoms with Gasteiger partial charge in [-0.15, -0.1) is 0 Å². The van der Waals surface area contributed by atoms with Gasteiger partial charge in [0.2, 0.25) is 0 Å². The van der Waals surface area contributed by atoms with Crippen LogP contribution < -0.4 is 5.32 Å². The number of rotatable bonds is 6. The Balaban J connectivity index is 1.75. The highest BCUT2D eigenvalue weighted by atomic mass is 15.1. The fourth-order valence-electron chi connectivity index (χ4n) is 3.04. The Kier molecular flexibility index (Phi) is 4.08. The normalized spacial score (nSPS) is 18.6. The van der Waals surface area contributed by atoms with Crippen LogP contribution in [0.2, 0.25) is 0 Å². The maximum atomic E-state index is 3.65. The van der Waals surface area contributed by atoms with Gasteiger partial charge in [0.05, 0.1) is 0 Å². The zero-order valence-corrected chi connectivity index (χ0v) is 12.2. The molecule has 2 nitrogen and oxygen atoms in total. The second kappa shape index (κ2) is 5.41. The van der Waals surface area contributed by atoms with Crippen molar-refractivity contribution in [3.8, 4) is 0 Å². The van der Waals surface area contributed by atoms with Gasteiger partial charge in [-0.05, 0) is 37.1 Å². The SMILES string of the molecule is CN(C)CC(C)(C)CNCC1Cc2ccccc21. The number of benzene rings is 1. The van der Waals surface area contributed by atoms with Crippen molar-refractivity contribution in [3.63, 3.8) is 0 Å². The molecule has 0 heterocycles. The van der Waals surface area contributed by atoms with Crippen LogP contribution in [0.5, 0.6) is 0 Å². The lowest BCUT2D eigenvalue weighted by molar-refractivity contribution is 0.231. The Hall–Kier alpha value is -0.860. The molecule has 1 aromatic carbocycles. The average Bonchev–Trinajstić information content (AvgIpc) is 2.22. The van der Waals surface area contributed by atoms with Crippen molar-refractivity contribution in [3.05, 3.63) is 35.4 Å². The summed E-state index contributed by atoms with van der Waals surface area (Å²) >= 11 is 0. The van der Waals surface area contributed by atoms with Crippen LogP contribution in [0.3, 0.4) is 0 Å².